The van der Waals surface area contributed by atoms with Gasteiger partial charge < -0.3 is 5.11 Å². The molecule has 1 atom stereocenters. The zero-order chi connectivity index (χ0) is 14.9. The second kappa shape index (κ2) is 5.75. The van der Waals surface area contributed by atoms with Gasteiger partial charge in [-0.05, 0) is 24.6 Å². The maximum atomic E-state index is 12.2. The van der Waals surface area contributed by atoms with Crippen LogP contribution in [0.15, 0.2) is 22.7 Å². The van der Waals surface area contributed by atoms with Gasteiger partial charge in [-0.25, -0.2) is 0 Å². The predicted octanol–water partition coefficient (Wildman–Crippen LogP) is 2.55. The van der Waals surface area contributed by atoms with Crippen molar-refractivity contribution in [1.82, 2.24) is 4.90 Å². The highest BCUT2D eigenvalue weighted by molar-refractivity contribution is 9.10. The van der Waals surface area contributed by atoms with E-state index >= 15 is 0 Å². The summed E-state index contributed by atoms with van der Waals surface area (Å²) < 4.78 is 0.711. The highest BCUT2D eigenvalue weighted by atomic mass is 79.9. The van der Waals surface area contributed by atoms with Gasteiger partial charge in [0.05, 0.1) is 17.0 Å². The van der Waals surface area contributed by atoms with Gasteiger partial charge >= 0.3 is 5.97 Å². The lowest BCUT2D eigenvalue weighted by Crippen LogP contribution is -2.37. The van der Waals surface area contributed by atoms with Crippen LogP contribution in [0.4, 0.5) is 0 Å². The Balaban J connectivity index is 2.26. The molecule has 6 heteroatoms. The fraction of sp³-hybridized carbons (Fsp3) is 0.357. The average molecular weight is 340 g/mol. The van der Waals surface area contributed by atoms with E-state index in [-0.39, 0.29) is 6.54 Å². The Labute approximate surface area is 124 Å². The van der Waals surface area contributed by atoms with Crippen LogP contribution in [-0.4, -0.2) is 34.3 Å². The molecule has 1 aromatic carbocycles. The molecule has 1 heterocycles. The van der Waals surface area contributed by atoms with E-state index in [0.717, 1.165) is 4.90 Å². The second-order valence-electron chi connectivity index (χ2n) is 4.73. The van der Waals surface area contributed by atoms with Crippen LogP contribution in [0, 0.1) is 5.92 Å². The Bertz CT molecular complexity index is 585. The number of carboxylic acid groups (broad SMARTS) is 1. The summed E-state index contributed by atoms with van der Waals surface area (Å²) in [5.41, 5.74) is 0.656. The van der Waals surface area contributed by atoms with Crippen LogP contribution in [0.25, 0.3) is 0 Å². The number of nitrogens with zero attached hydrogens (tertiary/aromatic N) is 1. The van der Waals surface area contributed by atoms with Crippen LogP contribution in [-0.2, 0) is 4.79 Å². The summed E-state index contributed by atoms with van der Waals surface area (Å²) in [6.07, 6.45) is 1.12. The van der Waals surface area contributed by atoms with Crippen LogP contribution in [0.3, 0.4) is 0 Å². The number of carbonyl (C=O) groups excluding carboxylic acids is 2. The van der Waals surface area contributed by atoms with E-state index < -0.39 is 23.7 Å². The summed E-state index contributed by atoms with van der Waals surface area (Å²) in [6, 6.07) is 4.86. The molecule has 0 aliphatic carbocycles. The first-order valence-electron chi connectivity index (χ1n) is 6.34. The minimum Gasteiger partial charge on any atom is -0.481 e. The maximum absolute atomic E-state index is 12.2. The van der Waals surface area contributed by atoms with Gasteiger partial charge in [0, 0.05) is 11.0 Å². The lowest BCUT2D eigenvalue weighted by Gasteiger charge is -2.18. The molecule has 2 rings (SSSR count). The number of fused-ring (bicyclic) bond motifs is 1. The molecule has 0 saturated carbocycles. The minimum absolute atomic E-state index is 0.0763. The molecule has 0 spiro atoms. The average Bonchev–Trinajstić information content (AvgIpc) is 2.62. The molecule has 0 aromatic heterocycles. The van der Waals surface area contributed by atoms with Crippen molar-refractivity contribution in [3.63, 3.8) is 0 Å². The first-order chi connectivity index (χ1) is 9.45. The molecule has 1 aliphatic rings. The molecule has 20 heavy (non-hydrogen) atoms. The molecule has 0 fully saturated rings. The summed E-state index contributed by atoms with van der Waals surface area (Å²) in [5.74, 6) is -2.54. The zero-order valence-electron chi connectivity index (χ0n) is 10.9. The van der Waals surface area contributed by atoms with Gasteiger partial charge in [0.15, 0.2) is 0 Å². The molecular formula is C14H14BrNO4. The number of aliphatic carboxylic acids is 1. The molecular weight excluding hydrogens is 326 g/mol. The largest absolute Gasteiger partial charge is 0.481 e. The quantitative estimate of drug-likeness (QED) is 0.836. The SMILES string of the molecule is CCCC(CN1C(=O)c2ccc(Br)cc2C1=O)C(=O)O. The molecule has 106 valence electrons. The number of carboxylic acids is 1. The third kappa shape index (κ3) is 2.60. The standard InChI is InChI=1S/C14H14BrNO4/c1-2-3-8(14(19)20)7-16-12(17)10-5-4-9(15)6-11(10)13(16)18/h4-6,8H,2-3,7H2,1H3,(H,19,20). The molecule has 1 N–H and O–H groups in total. The van der Waals surface area contributed by atoms with Crippen LogP contribution in [0.2, 0.25) is 0 Å². The number of amides is 2. The molecule has 5 nitrogen and oxygen atoms in total. The lowest BCUT2D eigenvalue weighted by atomic mass is 10.0. The number of rotatable bonds is 5. The highest BCUT2D eigenvalue weighted by Gasteiger charge is 2.37. The lowest BCUT2D eigenvalue weighted by molar-refractivity contribution is -0.142. The Hall–Kier alpha value is -1.69. The topological polar surface area (TPSA) is 74.7 Å². The van der Waals surface area contributed by atoms with Crippen molar-refractivity contribution in [2.75, 3.05) is 6.54 Å². The smallest absolute Gasteiger partial charge is 0.308 e. The summed E-state index contributed by atoms with van der Waals surface area (Å²) in [5, 5.41) is 9.14. The number of halogens is 1. The molecule has 0 radical (unpaired) electrons. The van der Waals surface area contributed by atoms with Crippen molar-refractivity contribution in [2.45, 2.75) is 19.8 Å². The Morgan fingerprint density at radius 3 is 2.55 bits per heavy atom. The molecule has 0 saturated heterocycles. The highest BCUT2D eigenvalue weighted by Crippen LogP contribution is 2.27. The van der Waals surface area contributed by atoms with Crippen molar-refractivity contribution < 1.29 is 19.5 Å². The number of carbonyl (C=O) groups is 3. The number of imide groups is 1. The van der Waals surface area contributed by atoms with Crippen molar-refractivity contribution in [1.29, 1.82) is 0 Å². The monoisotopic (exact) mass is 339 g/mol. The Morgan fingerprint density at radius 2 is 1.95 bits per heavy atom. The molecule has 1 unspecified atom stereocenters. The van der Waals surface area contributed by atoms with E-state index in [9.17, 15) is 14.4 Å². The van der Waals surface area contributed by atoms with E-state index in [0.29, 0.717) is 28.4 Å². The summed E-state index contributed by atoms with van der Waals surface area (Å²) >= 11 is 3.26. The summed E-state index contributed by atoms with van der Waals surface area (Å²) in [6.45, 7) is 1.79. The van der Waals surface area contributed by atoms with Crippen LogP contribution >= 0.6 is 15.9 Å². The van der Waals surface area contributed by atoms with Crippen molar-refractivity contribution in [3.8, 4) is 0 Å². The van der Waals surface area contributed by atoms with Gasteiger partial charge in [0.2, 0.25) is 0 Å². The zero-order valence-corrected chi connectivity index (χ0v) is 12.5. The van der Waals surface area contributed by atoms with Crippen molar-refractivity contribution in [2.24, 2.45) is 5.92 Å². The van der Waals surface area contributed by atoms with E-state index in [2.05, 4.69) is 15.9 Å². The number of hydrogen-bond donors (Lipinski definition) is 1. The first kappa shape index (κ1) is 14.7. The van der Waals surface area contributed by atoms with Crippen LogP contribution < -0.4 is 0 Å². The van der Waals surface area contributed by atoms with E-state index in [4.69, 9.17) is 5.11 Å². The second-order valence-corrected chi connectivity index (χ2v) is 5.65. The molecule has 1 aromatic rings. The minimum atomic E-state index is -0.982. The van der Waals surface area contributed by atoms with Crippen LogP contribution in [0.1, 0.15) is 40.5 Å². The third-order valence-corrected chi connectivity index (χ3v) is 3.82. The molecule has 0 bridgehead atoms. The Kier molecular flexibility index (Phi) is 4.23. The fourth-order valence-corrected chi connectivity index (χ4v) is 2.65. The predicted molar refractivity (Wildman–Crippen MR) is 75.5 cm³/mol. The number of benzene rings is 1. The Morgan fingerprint density at radius 1 is 1.30 bits per heavy atom. The van der Waals surface area contributed by atoms with E-state index in [1.807, 2.05) is 6.92 Å². The third-order valence-electron chi connectivity index (χ3n) is 3.32. The van der Waals surface area contributed by atoms with E-state index in [1.54, 1.807) is 18.2 Å². The maximum Gasteiger partial charge on any atom is 0.308 e. The van der Waals surface area contributed by atoms with E-state index in [1.165, 1.54) is 0 Å². The van der Waals surface area contributed by atoms with Gasteiger partial charge in [-0.3, -0.25) is 19.3 Å². The number of hydrogen-bond acceptors (Lipinski definition) is 3. The van der Waals surface area contributed by atoms with Crippen molar-refractivity contribution in [3.05, 3.63) is 33.8 Å². The normalized spacial score (nSPS) is 15.4. The van der Waals surface area contributed by atoms with Gasteiger partial charge in [-0.2, -0.15) is 0 Å². The summed E-state index contributed by atoms with van der Waals surface area (Å²) in [7, 11) is 0. The van der Waals surface area contributed by atoms with Gasteiger partial charge in [-0.15, -0.1) is 0 Å². The first-order valence-corrected chi connectivity index (χ1v) is 7.13. The van der Waals surface area contributed by atoms with Crippen LogP contribution in [0.5, 0.6) is 0 Å². The fourth-order valence-electron chi connectivity index (χ4n) is 2.29. The summed E-state index contributed by atoms with van der Waals surface area (Å²) in [4.78, 5) is 36.6. The van der Waals surface area contributed by atoms with Gasteiger partial charge in [-0.1, -0.05) is 29.3 Å². The van der Waals surface area contributed by atoms with Gasteiger partial charge in [0.25, 0.3) is 11.8 Å². The van der Waals surface area contributed by atoms with Gasteiger partial charge in [0.1, 0.15) is 0 Å². The molecule has 2 amide bonds. The molecule has 1 aliphatic heterocycles. The van der Waals surface area contributed by atoms with Crippen molar-refractivity contribution >= 4 is 33.7 Å².